The molecule has 0 aliphatic rings. The van der Waals surface area contributed by atoms with Gasteiger partial charge in [0, 0.05) is 18.3 Å². The summed E-state index contributed by atoms with van der Waals surface area (Å²) >= 11 is 1.25. The largest absolute Gasteiger partial charge is 0.326 e. The molecule has 27 heavy (non-hydrogen) atoms. The zero-order valence-electron chi connectivity index (χ0n) is 14.8. The smallest absolute Gasteiger partial charge is 0.234 e. The number of hydrogen-bond acceptors (Lipinski definition) is 6. The molecule has 0 fully saturated rings. The van der Waals surface area contributed by atoms with Gasteiger partial charge in [-0.25, -0.2) is 0 Å². The van der Waals surface area contributed by atoms with Crippen molar-refractivity contribution < 1.29 is 9.59 Å². The van der Waals surface area contributed by atoms with Gasteiger partial charge in [0.05, 0.1) is 11.4 Å². The quantitative estimate of drug-likeness (QED) is 0.636. The van der Waals surface area contributed by atoms with Gasteiger partial charge in [-0.3, -0.25) is 9.59 Å². The number of carbonyl (C=O) groups excluding carboxylic acids is 2. The Kier molecular flexibility index (Phi) is 5.82. The number of aromatic nitrogens is 4. The van der Waals surface area contributed by atoms with E-state index >= 15 is 0 Å². The van der Waals surface area contributed by atoms with E-state index in [0.29, 0.717) is 16.5 Å². The molecule has 2 N–H and O–H groups in total. The molecular weight excluding hydrogens is 364 g/mol. The molecule has 0 aliphatic heterocycles. The molecule has 0 aliphatic carbocycles. The van der Waals surface area contributed by atoms with E-state index in [1.807, 2.05) is 31.2 Å². The Morgan fingerprint density at radius 3 is 2.37 bits per heavy atom. The van der Waals surface area contributed by atoms with E-state index in [0.717, 1.165) is 11.3 Å². The number of thioether (sulfide) groups is 1. The lowest BCUT2D eigenvalue weighted by atomic mass is 10.2. The maximum atomic E-state index is 12.2. The lowest BCUT2D eigenvalue weighted by Crippen LogP contribution is -2.15. The van der Waals surface area contributed by atoms with Crippen molar-refractivity contribution in [3.8, 4) is 5.69 Å². The first-order valence-corrected chi connectivity index (χ1v) is 9.16. The third-order valence-corrected chi connectivity index (χ3v) is 4.53. The van der Waals surface area contributed by atoms with Gasteiger partial charge in [0.25, 0.3) is 0 Å². The van der Waals surface area contributed by atoms with Gasteiger partial charge in [-0.05, 0) is 53.2 Å². The zero-order chi connectivity index (χ0) is 19.2. The third kappa shape index (κ3) is 4.91. The van der Waals surface area contributed by atoms with Crippen molar-refractivity contribution in [2.45, 2.75) is 19.0 Å². The zero-order valence-corrected chi connectivity index (χ0v) is 15.7. The van der Waals surface area contributed by atoms with Crippen molar-refractivity contribution in [1.82, 2.24) is 20.2 Å². The van der Waals surface area contributed by atoms with Crippen LogP contribution in [-0.2, 0) is 9.59 Å². The summed E-state index contributed by atoms with van der Waals surface area (Å²) in [4.78, 5) is 23.2. The van der Waals surface area contributed by atoms with E-state index in [1.54, 1.807) is 28.9 Å². The maximum Gasteiger partial charge on any atom is 0.234 e. The minimum absolute atomic E-state index is 0.144. The van der Waals surface area contributed by atoms with Crippen LogP contribution in [0, 0.1) is 6.92 Å². The molecule has 3 rings (SSSR count). The van der Waals surface area contributed by atoms with Crippen molar-refractivity contribution >= 4 is 35.0 Å². The predicted molar refractivity (Wildman–Crippen MR) is 104 cm³/mol. The predicted octanol–water partition coefficient (Wildman–Crippen LogP) is 2.66. The number of para-hydroxylation sites is 1. The van der Waals surface area contributed by atoms with Gasteiger partial charge in [-0.15, -0.1) is 5.10 Å². The number of rotatable bonds is 6. The average Bonchev–Trinajstić information content (AvgIpc) is 3.10. The number of anilines is 2. The molecule has 9 heteroatoms. The highest BCUT2D eigenvalue weighted by Crippen LogP contribution is 2.21. The van der Waals surface area contributed by atoms with E-state index < -0.39 is 0 Å². The normalized spacial score (nSPS) is 10.4. The first-order valence-electron chi connectivity index (χ1n) is 8.17. The van der Waals surface area contributed by atoms with Crippen LogP contribution in [0.15, 0.2) is 53.7 Å². The number of tetrazole rings is 1. The van der Waals surface area contributed by atoms with Crippen LogP contribution in [0.2, 0.25) is 0 Å². The highest BCUT2D eigenvalue weighted by Gasteiger charge is 2.13. The van der Waals surface area contributed by atoms with E-state index in [-0.39, 0.29) is 17.6 Å². The molecule has 1 heterocycles. The average molecular weight is 382 g/mol. The molecule has 8 nitrogen and oxygen atoms in total. The number of carbonyl (C=O) groups is 2. The topological polar surface area (TPSA) is 102 Å². The molecule has 138 valence electrons. The molecule has 0 spiro atoms. The lowest BCUT2D eigenvalue weighted by Gasteiger charge is -2.08. The van der Waals surface area contributed by atoms with Gasteiger partial charge < -0.3 is 10.6 Å². The summed E-state index contributed by atoms with van der Waals surface area (Å²) in [6.07, 6.45) is 0. The molecule has 0 saturated carbocycles. The van der Waals surface area contributed by atoms with Crippen LogP contribution in [0.25, 0.3) is 5.69 Å². The van der Waals surface area contributed by atoms with Gasteiger partial charge in [0.15, 0.2) is 0 Å². The van der Waals surface area contributed by atoms with E-state index in [2.05, 4.69) is 26.2 Å². The highest BCUT2D eigenvalue weighted by molar-refractivity contribution is 7.99. The summed E-state index contributed by atoms with van der Waals surface area (Å²) in [5, 5.41) is 17.7. The summed E-state index contributed by atoms with van der Waals surface area (Å²) in [5.74, 6) is -0.152. The van der Waals surface area contributed by atoms with Crippen LogP contribution in [0.1, 0.15) is 12.5 Å². The fourth-order valence-electron chi connectivity index (χ4n) is 2.39. The summed E-state index contributed by atoms with van der Waals surface area (Å²) in [5.41, 5.74) is 3.23. The van der Waals surface area contributed by atoms with Crippen molar-refractivity contribution in [3.05, 3.63) is 54.1 Å². The van der Waals surface area contributed by atoms with Crippen LogP contribution in [0.5, 0.6) is 0 Å². The van der Waals surface area contributed by atoms with Crippen molar-refractivity contribution in [1.29, 1.82) is 0 Å². The minimum atomic E-state index is -0.174. The number of hydrogen-bond donors (Lipinski definition) is 2. The summed E-state index contributed by atoms with van der Waals surface area (Å²) < 4.78 is 1.62. The fraction of sp³-hybridized carbons (Fsp3) is 0.167. The maximum absolute atomic E-state index is 12.2. The Labute approximate surface area is 160 Å². The monoisotopic (exact) mass is 382 g/mol. The Balaban J connectivity index is 1.60. The molecular formula is C18H18N6O2S. The number of nitrogens with zero attached hydrogens (tertiary/aromatic N) is 4. The molecule has 0 bridgehead atoms. The van der Waals surface area contributed by atoms with Crippen LogP contribution in [0.4, 0.5) is 11.4 Å². The fourth-order valence-corrected chi connectivity index (χ4v) is 3.07. The Bertz CT molecular complexity index is 954. The van der Waals surface area contributed by atoms with Crippen LogP contribution in [-0.4, -0.2) is 37.8 Å². The Morgan fingerprint density at radius 2 is 1.70 bits per heavy atom. The minimum Gasteiger partial charge on any atom is -0.326 e. The molecule has 0 unspecified atom stereocenters. The highest BCUT2D eigenvalue weighted by atomic mass is 32.2. The number of amides is 2. The molecule has 2 amide bonds. The van der Waals surface area contributed by atoms with Gasteiger partial charge >= 0.3 is 0 Å². The van der Waals surface area contributed by atoms with E-state index in [4.69, 9.17) is 0 Å². The molecule has 2 aromatic carbocycles. The standard InChI is InChI=1S/C18H18N6O2S/c1-12-5-3-4-6-16(12)24-18(21-22-23-24)27-11-17(26)20-15-9-7-14(8-10-15)19-13(2)25/h3-10H,11H2,1-2H3,(H,19,25)(H,20,26). The second-order valence-electron chi connectivity index (χ2n) is 5.76. The Morgan fingerprint density at radius 1 is 1.04 bits per heavy atom. The second-order valence-corrected chi connectivity index (χ2v) is 6.70. The molecule has 0 saturated heterocycles. The summed E-state index contributed by atoms with van der Waals surface area (Å²) in [7, 11) is 0. The summed E-state index contributed by atoms with van der Waals surface area (Å²) in [6.45, 7) is 3.42. The van der Waals surface area contributed by atoms with Crippen LogP contribution in [0.3, 0.4) is 0 Å². The van der Waals surface area contributed by atoms with Crippen molar-refractivity contribution in [2.24, 2.45) is 0 Å². The van der Waals surface area contributed by atoms with Gasteiger partial charge in [0.2, 0.25) is 17.0 Å². The lowest BCUT2D eigenvalue weighted by molar-refractivity contribution is -0.114. The van der Waals surface area contributed by atoms with Gasteiger partial charge in [-0.2, -0.15) is 4.68 Å². The number of nitrogens with one attached hydrogen (secondary N) is 2. The first kappa shape index (κ1) is 18.6. The summed E-state index contributed by atoms with van der Waals surface area (Å²) in [6, 6.07) is 14.7. The van der Waals surface area contributed by atoms with Crippen molar-refractivity contribution in [2.75, 3.05) is 16.4 Å². The third-order valence-electron chi connectivity index (χ3n) is 3.61. The molecule has 0 atom stereocenters. The van der Waals surface area contributed by atoms with E-state index in [1.165, 1.54) is 18.7 Å². The second kappa shape index (κ2) is 8.45. The SMILES string of the molecule is CC(=O)Nc1ccc(NC(=O)CSc2nnnn2-c2ccccc2C)cc1. The van der Waals surface area contributed by atoms with Gasteiger partial charge in [0.1, 0.15) is 0 Å². The molecule has 1 aromatic heterocycles. The van der Waals surface area contributed by atoms with Crippen molar-refractivity contribution in [3.63, 3.8) is 0 Å². The first-order chi connectivity index (χ1) is 13.0. The Hall–Kier alpha value is -3.20. The number of aryl methyl sites for hydroxylation is 1. The van der Waals surface area contributed by atoms with Crippen LogP contribution < -0.4 is 10.6 Å². The molecule has 0 radical (unpaired) electrons. The molecule has 3 aromatic rings. The van der Waals surface area contributed by atoms with Gasteiger partial charge in [-0.1, -0.05) is 30.0 Å². The number of benzene rings is 2. The van der Waals surface area contributed by atoms with E-state index in [9.17, 15) is 9.59 Å². The van der Waals surface area contributed by atoms with Crippen LogP contribution >= 0.6 is 11.8 Å².